The second-order valence-electron chi connectivity index (χ2n) is 3.10. The standard InChI is InChI=1S/C8H16N2/c1-5-10(7-6-9)8(2,3)4/h5-7H,1,9H2,2-4H3/b7-6-. The van der Waals surface area contributed by atoms with Gasteiger partial charge >= 0.3 is 0 Å². The molecule has 0 amide bonds. The number of nitrogens with two attached hydrogens (primary N) is 1. The maximum atomic E-state index is 5.23. The van der Waals surface area contributed by atoms with E-state index in [0.717, 1.165) is 0 Å². The summed E-state index contributed by atoms with van der Waals surface area (Å²) in [5, 5.41) is 0. The lowest BCUT2D eigenvalue weighted by Gasteiger charge is -2.30. The van der Waals surface area contributed by atoms with Gasteiger partial charge < -0.3 is 10.6 Å². The average molecular weight is 140 g/mol. The molecule has 0 radical (unpaired) electrons. The first-order chi connectivity index (χ1) is 4.52. The van der Waals surface area contributed by atoms with Gasteiger partial charge in [-0.1, -0.05) is 6.58 Å². The first-order valence-corrected chi connectivity index (χ1v) is 3.31. The van der Waals surface area contributed by atoms with Crippen LogP contribution in [0.3, 0.4) is 0 Å². The summed E-state index contributed by atoms with van der Waals surface area (Å²) in [5.41, 5.74) is 5.30. The van der Waals surface area contributed by atoms with Crippen LogP contribution in [0.4, 0.5) is 0 Å². The predicted molar refractivity (Wildman–Crippen MR) is 45.1 cm³/mol. The number of hydrogen-bond acceptors (Lipinski definition) is 2. The molecule has 0 spiro atoms. The summed E-state index contributed by atoms with van der Waals surface area (Å²) in [7, 11) is 0. The molecule has 10 heavy (non-hydrogen) atoms. The molecule has 2 nitrogen and oxygen atoms in total. The Bertz CT molecular complexity index is 131. The molecule has 0 aliphatic rings. The number of nitrogens with zero attached hydrogens (tertiary/aromatic N) is 1. The molecule has 0 aromatic heterocycles. The smallest absolute Gasteiger partial charge is 0.0356 e. The fourth-order valence-electron chi connectivity index (χ4n) is 0.651. The molecule has 0 aromatic carbocycles. The summed E-state index contributed by atoms with van der Waals surface area (Å²) in [6.07, 6.45) is 5.06. The summed E-state index contributed by atoms with van der Waals surface area (Å²) in [6, 6.07) is 0. The van der Waals surface area contributed by atoms with Crippen LogP contribution in [0.15, 0.2) is 25.2 Å². The molecular formula is C8H16N2. The predicted octanol–water partition coefficient (Wildman–Crippen LogP) is 1.66. The molecule has 0 aromatic rings. The van der Waals surface area contributed by atoms with E-state index in [2.05, 4.69) is 27.4 Å². The summed E-state index contributed by atoms with van der Waals surface area (Å²) in [6.45, 7) is 9.94. The molecule has 0 unspecified atom stereocenters. The molecule has 0 saturated heterocycles. The Morgan fingerprint density at radius 3 is 2.00 bits per heavy atom. The lowest BCUT2D eigenvalue weighted by atomic mass is 10.1. The van der Waals surface area contributed by atoms with E-state index in [1.807, 2.05) is 4.90 Å². The van der Waals surface area contributed by atoms with Crippen molar-refractivity contribution in [1.82, 2.24) is 4.90 Å². The summed E-state index contributed by atoms with van der Waals surface area (Å²) < 4.78 is 0. The van der Waals surface area contributed by atoms with Crippen LogP contribution < -0.4 is 5.73 Å². The Hall–Kier alpha value is -0.920. The SMILES string of the molecule is C=CN(/C=C\N)C(C)(C)C. The van der Waals surface area contributed by atoms with Crippen molar-refractivity contribution in [1.29, 1.82) is 0 Å². The molecule has 0 rings (SSSR count). The molecule has 0 saturated carbocycles. The Kier molecular flexibility index (Phi) is 3.00. The fourth-order valence-corrected chi connectivity index (χ4v) is 0.651. The van der Waals surface area contributed by atoms with Crippen LogP contribution >= 0.6 is 0 Å². The van der Waals surface area contributed by atoms with E-state index in [4.69, 9.17) is 5.73 Å². The normalized spacial score (nSPS) is 11.9. The lowest BCUT2D eigenvalue weighted by molar-refractivity contribution is 0.281. The molecule has 0 fully saturated rings. The maximum Gasteiger partial charge on any atom is 0.0356 e. The van der Waals surface area contributed by atoms with Crippen LogP contribution in [0.1, 0.15) is 20.8 Å². The summed E-state index contributed by atoms with van der Waals surface area (Å²) >= 11 is 0. The van der Waals surface area contributed by atoms with Crippen LogP contribution in [0, 0.1) is 0 Å². The Morgan fingerprint density at radius 1 is 1.40 bits per heavy atom. The summed E-state index contributed by atoms with van der Waals surface area (Å²) in [4.78, 5) is 1.95. The van der Waals surface area contributed by atoms with Crippen molar-refractivity contribution in [2.45, 2.75) is 26.3 Å². The summed E-state index contributed by atoms with van der Waals surface area (Å²) in [5.74, 6) is 0. The number of hydrogen-bond donors (Lipinski definition) is 1. The highest BCUT2D eigenvalue weighted by Gasteiger charge is 2.13. The van der Waals surface area contributed by atoms with E-state index >= 15 is 0 Å². The maximum absolute atomic E-state index is 5.23. The third kappa shape index (κ3) is 2.58. The van der Waals surface area contributed by atoms with E-state index in [1.54, 1.807) is 12.4 Å². The van der Waals surface area contributed by atoms with E-state index in [9.17, 15) is 0 Å². The first kappa shape index (κ1) is 9.08. The minimum Gasteiger partial charge on any atom is -0.403 e. The highest BCUT2D eigenvalue weighted by Crippen LogP contribution is 2.12. The van der Waals surface area contributed by atoms with E-state index in [1.165, 1.54) is 6.20 Å². The minimum atomic E-state index is 0.0671. The largest absolute Gasteiger partial charge is 0.403 e. The van der Waals surface area contributed by atoms with Gasteiger partial charge in [0.25, 0.3) is 0 Å². The molecular weight excluding hydrogens is 124 g/mol. The van der Waals surface area contributed by atoms with Crippen molar-refractivity contribution in [3.63, 3.8) is 0 Å². The van der Waals surface area contributed by atoms with Crippen LogP contribution in [-0.4, -0.2) is 10.4 Å². The van der Waals surface area contributed by atoms with Gasteiger partial charge in [-0.15, -0.1) is 0 Å². The quantitative estimate of drug-likeness (QED) is 0.632. The molecule has 0 heterocycles. The van der Waals surface area contributed by atoms with Crippen molar-refractivity contribution in [2.75, 3.05) is 0 Å². The molecule has 58 valence electrons. The Balaban J connectivity index is 4.21. The van der Waals surface area contributed by atoms with E-state index < -0.39 is 0 Å². The zero-order valence-corrected chi connectivity index (χ0v) is 6.96. The average Bonchev–Trinajstić information content (AvgIpc) is 1.80. The zero-order chi connectivity index (χ0) is 8.20. The Morgan fingerprint density at radius 2 is 1.90 bits per heavy atom. The van der Waals surface area contributed by atoms with Gasteiger partial charge in [0.05, 0.1) is 0 Å². The number of rotatable bonds is 2. The van der Waals surface area contributed by atoms with Crippen LogP contribution in [0.2, 0.25) is 0 Å². The fraction of sp³-hybridized carbons (Fsp3) is 0.500. The molecule has 0 aliphatic carbocycles. The van der Waals surface area contributed by atoms with Crippen LogP contribution in [-0.2, 0) is 0 Å². The second-order valence-corrected chi connectivity index (χ2v) is 3.10. The van der Waals surface area contributed by atoms with Crippen molar-refractivity contribution in [3.05, 3.63) is 25.2 Å². The van der Waals surface area contributed by atoms with Gasteiger partial charge in [0, 0.05) is 17.9 Å². The molecule has 0 bridgehead atoms. The lowest BCUT2D eigenvalue weighted by Crippen LogP contribution is -2.32. The van der Waals surface area contributed by atoms with Gasteiger partial charge in [-0.3, -0.25) is 0 Å². The van der Waals surface area contributed by atoms with Crippen molar-refractivity contribution >= 4 is 0 Å². The van der Waals surface area contributed by atoms with Gasteiger partial charge in [0.2, 0.25) is 0 Å². The van der Waals surface area contributed by atoms with Gasteiger partial charge in [-0.2, -0.15) is 0 Å². The van der Waals surface area contributed by atoms with E-state index in [-0.39, 0.29) is 5.54 Å². The third-order valence-corrected chi connectivity index (χ3v) is 1.22. The first-order valence-electron chi connectivity index (χ1n) is 3.31. The van der Waals surface area contributed by atoms with Gasteiger partial charge in [-0.05, 0) is 27.0 Å². The molecule has 0 aliphatic heterocycles. The van der Waals surface area contributed by atoms with Crippen molar-refractivity contribution in [3.8, 4) is 0 Å². The van der Waals surface area contributed by atoms with Crippen LogP contribution in [0.25, 0.3) is 0 Å². The van der Waals surface area contributed by atoms with Crippen molar-refractivity contribution < 1.29 is 0 Å². The molecule has 2 heteroatoms. The Labute approximate surface area is 63.0 Å². The van der Waals surface area contributed by atoms with Crippen molar-refractivity contribution in [2.24, 2.45) is 5.73 Å². The molecule has 2 N–H and O–H groups in total. The van der Waals surface area contributed by atoms with E-state index in [0.29, 0.717) is 0 Å². The third-order valence-electron chi connectivity index (χ3n) is 1.22. The van der Waals surface area contributed by atoms with Gasteiger partial charge in [0.15, 0.2) is 0 Å². The molecule has 0 atom stereocenters. The van der Waals surface area contributed by atoms with Gasteiger partial charge in [-0.25, -0.2) is 0 Å². The second kappa shape index (κ2) is 3.30. The minimum absolute atomic E-state index is 0.0671. The topological polar surface area (TPSA) is 29.3 Å². The van der Waals surface area contributed by atoms with Crippen LogP contribution in [0.5, 0.6) is 0 Å². The highest BCUT2D eigenvalue weighted by molar-refractivity contribution is 4.93. The zero-order valence-electron chi connectivity index (χ0n) is 6.96. The monoisotopic (exact) mass is 140 g/mol. The van der Waals surface area contributed by atoms with Gasteiger partial charge in [0.1, 0.15) is 0 Å². The highest BCUT2D eigenvalue weighted by atomic mass is 15.1.